The number of nitrogens with zero attached hydrogens (tertiary/aromatic N) is 1. The van der Waals surface area contributed by atoms with Gasteiger partial charge in [0.15, 0.2) is 11.5 Å². The lowest BCUT2D eigenvalue weighted by Gasteiger charge is -1.93. The second-order valence-corrected chi connectivity index (χ2v) is 3.62. The molecule has 0 bridgehead atoms. The highest BCUT2D eigenvalue weighted by molar-refractivity contribution is 7.98. The number of hydrogen-bond donors (Lipinski definition) is 0. The van der Waals surface area contributed by atoms with Gasteiger partial charge in [0.25, 0.3) is 0 Å². The SMILES string of the molecule is CCc1nc2c(SC)cccc2o1. The van der Waals surface area contributed by atoms with Crippen molar-refractivity contribution in [1.82, 2.24) is 4.98 Å². The standard InChI is InChI=1S/C10H11NOS/c1-3-9-11-10-7(12-9)5-4-6-8(10)13-2/h4-6H,3H2,1-2H3. The molecular formula is C10H11NOS. The van der Waals surface area contributed by atoms with Crippen LogP contribution in [0.3, 0.4) is 0 Å². The number of benzene rings is 1. The molecule has 2 nitrogen and oxygen atoms in total. The van der Waals surface area contributed by atoms with E-state index in [1.807, 2.05) is 19.1 Å². The molecule has 2 aromatic rings. The first kappa shape index (κ1) is 8.63. The molecule has 0 aliphatic carbocycles. The monoisotopic (exact) mass is 193 g/mol. The predicted octanol–water partition coefficient (Wildman–Crippen LogP) is 3.11. The highest BCUT2D eigenvalue weighted by atomic mass is 32.2. The number of fused-ring (bicyclic) bond motifs is 1. The Hall–Kier alpha value is -0.960. The molecular weight excluding hydrogens is 182 g/mol. The second-order valence-electron chi connectivity index (χ2n) is 2.77. The van der Waals surface area contributed by atoms with Gasteiger partial charge in [0.05, 0.1) is 0 Å². The van der Waals surface area contributed by atoms with Crippen LogP contribution in [0.25, 0.3) is 11.1 Å². The lowest BCUT2D eigenvalue weighted by atomic mass is 10.3. The van der Waals surface area contributed by atoms with Crippen LogP contribution in [0.5, 0.6) is 0 Å². The van der Waals surface area contributed by atoms with Crippen molar-refractivity contribution >= 4 is 22.9 Å². The van der Waals surface area contributed by atoms with Crippen molar-refractivity contribution in [3.63, 3.8) is 0 Å². The molecule has 2 rings (SSSR count). The topological polar surface area (TPSA) is 26.0 Å². The molecule has 0 N–H and O–H groups in total. The molecule has 3 heteroatoms. The average molecular weight is 193 g/mol. The molecule has 13 heavy (non-hydrogen) atoms. The molecule has 68 valence electrons. The fraction of sp³-hybridized carbons (Fsp3) is 0.300. The summed E-state index contributed by atoms with van der Waals surface area (Å²) in [5, 5.41) is 0. The lowest BCUT2D eigenvalue weighted by molar-refractivity contribution is 0.538. The summed E-state index contributed by atoms with van der Waals surface area (Å²) in [5.41, 5.74) is 1.88. The van der Waals surface area contributed by atoms with E-state index in [0.717, 1.165) is 23.4 Å². The Labute approximate surface area is 81.3 Å². The molecule has 1 heterocycles. The Balaban J connectivity index is 2.67. The summed E-state index contributed by atoms with van der Waals surface area (Å²) in [7, 11) is 0. The van der Waals surface area contributed by atoms with Gasteiger partial charge in [-0.15, -0.1) is 11.8 Å². The van der Waals surface area contributed by atoms with Gasteiger partial charge in [-0.3, -0.25) is 0 Å². The Morgan fingerprint density at radius 3 is 3.00 bits per heavy atom. The maximum atomic E-state index is 5.54. The van der Waals surface area contributed by atoms with Crippen molar-refractivity contribution in [3.05, 3.63) is 24.1 Å². The van der Waals surface area contributed by atoms with Crippen molar-refractivity contribution in [3.8, 4) is 0 Å². The number of hydrogen-bond acceptors (Lipinski definition) is 3. The molecule has 0 aliphatic heterocycles. The van der Waals surface area contributed by atoms with Gasteiger partial charge < -0.3 is 4.42 Å². The van der Waals surface area contributed by atoms with Gasteiger partial charge in [0.1, 0.15) is 5.52 Å². The maximum absolute atomic E-state index is 5.54. The Morgan fingerprint density at radius 1 is 1.46 bits per heavy atom. The summed E-state index contributed by atoms with van der Waals surface area (Å²) in [5.74, 6) is 0.816. The molecule has 0 saturated carbocycles. The molecule has 0 amide bonds. The van der Waals surface area contributed by atoms with E-state index in [-0.39, 0.29) is 0 Å². The summed E-state index contributed by atoms with van der Waals surface area (Å²) in [6.45, 7) is 2.05. The van der Waals surface area contributed by atoms with E-state index in [9.17, 15) is 0 Å². The van der Waals surface area contributed by atoms with Crippen LogP contribution >= 0.6 is 11.8 Å². The Morgan fingerprint density at radius 2 is 2.31 bits per heavy atom. The number of oxazole rings is 1. The van der Waals surface area contributed by atoms with Gasteiger partial charge in [-0.05, 0) is 18.4 Å². The summed E-state index contributed by atoms with van der Waals surface area (Å²) in [6.07, 6.45) is 2.90. The van der Waals surface area contributed by atoms with Crippen molar-refractivity contribution < 1.29 is 4.42 Å². The van der Waals surface area contributed by atoms with Crippen LogP contribution in [0.1, 0.15) is 12.8 Å². The van der Waals surface area contributed by atoms with E-state index in [4.69, 9.17) is 4.42 Å². The predicted molar refractivity (Wildman–Crippen MR) is 55.2 cm³/mol. The molecule has 0 saturated heterocycles. The van der Waals surface area contributed by atoms with Crippen molar-refractivity contribution in [1.29, 1.82) is 0 Å². The number of rotatable bonds is 2. The van der Waals surface area contributed by atoms with Gasteiger partial charge in [-0.2, -0.15) is 0 Å². The molecule has 0 radical (unpaired) electrons. The van der Waals surface area contributed by atoms with Crippen LogP contribution in [-0.2, 0) is 6.42 Å². The summed E-state index contributed by atoms with van der Waals surface area (Å²) < 4.78 is 5.54. The minimum Gasteiger partial charge on any atom is -0.441 e. The highest BCUT2D eigenvalue weighted by Gasteiger charge is 2.06. The highest BCUT2D eigenvalue weighted by Crippen LogP contribution is 2.26. The van der Waals surface area contributed by atoms with Crippen molar-refractivity contribution in [2.45, 2.75) is 18.2 Å². The number of aryl methyl sites for hydroxylation is 1. The molecule has 0 spiro atoms. The van der Waals surface area contributed by atoms with Gasteiger partial charge in [-0.25, -0.2) is 4.98 Å². The third kappa shape index (κ3) is 1.44. The number of para-hydroxylation sites is 1. The lowest BCUT2D eigenvalue weighted by Crippen LogP contribution is -1.77. The van der Waals surface area contributed by atoms with E-state index >= 15 is 0 Å². The third-order valence-electron chi connectivity index (χ3n) is 1.95. The van der Waals surface area contributed by atoms with Crippen LogP contribution in [0.15, 0.2) is 27.5 Å². The van der Waals surface area contributed by atoms with Gasteiger partial charge in [0, 0.05) is 11.3 Å². The zero-order valence-electron chi connectivity index (χ0n) is 7.70. The Bertz CT molecular complexity index is 422. The fourth-order valence-electron chi connectivity index (χ4n) is 1.29. The fourth-order valence-corrected chi connectivity index (χ4v) is 1.84. The average Bonchev–Trinajstić information content (AvgIpc) is 2.59. The van der Waals surface area contributed by atoms with Crippen molar-refractivity contribution in [2.75, 3.05) is 6.26 Å². The van der Waals surface area contributed by atoms with E-state index in [0.29, 0.717) is 0 Å². The molecule has 1 aromatic carbocycles. The van der Waals surface area contributed by atoms with E-state index in [2.05, 4.69) is 17.3 Å². The first-order valence-electron chi connectivity index (χ1n) is 4.27. The molecule has 1 aromatic heterocycles. The molecule has 0 fully saturated rings. The summed E-state index contributed by atoms with van der Waals surface area (Å²) >= 11 is 1.70. The molecule has 0 unspecified atom stereocenters. The van der Waals surface area contributed by atoms with E-state index in [1.165, 1.54) is 4.90 Å². The first-order chi connectivity index (χ1) is 6.35. The minimum atomic E-state index is 0.816. The van der Waals surface area contributed by atoms with Crippen LogP contribution in [0.4, 0.5) is 0 Å². The smallest absolute Gasteiger partial charge is 0.195 e. The number of thioether (sulfide) groups is 1. The minimum absolute atomic E-state index is 0.816. The van der Waals surface area contributed by atoms with Crippen LogP contribution in [-0.4, -0.2) is 11.2 Å². The van der Waals surface area contributed by atoms with Crippen LogP contribution in [0.2, 0.25) is 0 Å². The number of aromatic nitrogens is 1. The molecule has 0 aliphatic rings. The zero-order valence-corrected chi connectivity index (χ0v) is 8.52. The van der Waals surface area contributed by atoms with E-state index in [1.54, 1.807) is 11.8 Å². The second kappa shape index (κ2) is 3.42. The van der Waals surface area contributed by atoms with Gasteiger partial charge in [-0.1, -0.05) is 13.0 Å². The van der Waals surface area contributed by atoms with E-state index < -0.39 is 0 Å². The van der Waals surface area contributed by atoms with Crippen molar-refractivity contribution in [2.24, 2.45) is 0 Å². The normalized spacial score (nSPS) is 10.9. The van der Waals surface area contributed by atoms with Crippen LogP contribution in [0, 0.1) is 0 Å². The summed E-state index contributed by atoms with van der Waals surface area (Å²) in [4.78, 5) is 5.60. The van der Waals surface area contributed by atoms with Gasteiger partial charge >= 0.3 is 0 Å². The Kier molecular flexibility index (Phi) is 2.27. The first-order valence-corrected chi connectivity index (χ1v) is 5.50. The van der Waals surface area contributed by atoms with Gasteiger partial charge in [0.2, 0.25) is 0 Å². The molecule has 0 atom stereocenters. The van der Waals surface area contributed by atoms with Crippen LogP contribution < -0.4 is 0 Å². The third-order valence-corrected chi connectivity index (χ3v) is 2.72. The maximum Gasteiger partial charge on any atom is 0.195 e. The summed E-state index contributed by atoms with van der Waals surface area (Å²) in [6, 6.07) is 6.02. The quantitative estimate of drug-likeness (QED) is 0.685. The largest absolute Gasteiger partial charge is 0.441 e. The zero-order chi connectivity index (χ0) is 9.26.